The lowest BCUT2D eigenvalue weighted by molar-refractivity contribution is -0.145. The van der Waals surface area contributed by atoms with Crippen LogP contribution in [0, 0.1) is 13.8 Å². The van der Waals surface area contributed by atoms with Crippen LogP contribution in [0.2, 0.25) is 0 Å². The van der Waals surface area contributed by atoms with E-state index in [2.05, 4.69) is 9.88 Å². The molecule has 1 amide bonds. The Hall–Kier alpha value is -2.11. The lowest BCUT2D eigenvalue weighted by Crippen LogP contribution is -2.35. The number of hydrogen-bond acceptors (Lipinski definition) is 4. The minimum atomic E-state index is -0.612. The largest absolute Gasteiger partial charge is 0.456 e. The second kappa shape index (κ2) is 5.59. The van der Waals surface area contributed by atoms with Crippen LogP contribution in [0.3, 0.4) is 0 Å². The standard InChI is InChI=1S/C16H20N2O4/c1-9-7-12(10(2)18(9)11-3-4-11)14(19)8-22-16(21)13-5-6-15(20)17-13/h7,11,13H,3-6,8H2,1-2H3,(H,17,20)/t13-/m0/s1. The van der Waals surface area contributed by atoms with Crippen molar-refractivity contribution in [1.29, 1.82) is 0 Å². The number of nitrogens with one attached hydrogen (secondary N) is 1. The Balaban J connectivity index is 1.61. The van der Waals surface area contributed by atoms with E-state index in [1.165, 1.54) is 0 Å². The number of ketones is 1. The van der Waals surface area contributed by atoms with E-state index in [9.17, 15) is 14.4 Å². The van der Waals surface area contributed by atoms with Crippen molar-refractivity contribution in [3.8, 4) is 0 Å². The number of nitrogens with zero attached hydrogens (tertiary/aromatic N) is 1. The number of aryl methyl sites for hydroxylation is 1. The molecule has 0 unspecified atom stereocenters. The molecular weight excluding hydrogens is 284 g/mol. The molecule has 1 atom stereocenters. The van der Waals surface area contributed by atoms with Crippen molar-refractivity contribution in [2.45, 2.75) is 51.6 Å². The Morgan fingerprint density at radius 1 is 1.32 bits per heavy atom. The molecule has 1 saturated heterocycles. The van der Waals surface area contributed by atoms with E-state index in [1.54, 1.807) is 0 Å². The summed E-state index contributed by atoms with van der Waals surface area (Å²) in [5, 5.41) is 2.54. The van der Waals surface area contributed by atoms with E-state index in [1.807, 2.05) is 19.9 Å². The third kappa shape index (κ3) is 2.77. The molecule has 2 aliphatic rings. The highest BCUT2D eigenvalue weighted by Gasteiger charge is 2.30. The van der Waals surface area contributed by atoms with Crippen LogP contribution in [0.4, 0.5) is 0 Å². The average molecular weight is 304 g/mol. The molecule has 6 heteroatoms. The zero-order valence-electron chi connectivity index (χ0n) is 12.8. The van der Waals surface area contributed by atoms with Gasteiger partial charge in [-0.1, -0.05) is 0 Å². The highest BCUT2D eigenvalue weighted by atomic mass is 16.5. The lowest BCUT2D eigenvalue weighted by atomic mass is 10.1. The molecule has 22 heavy (non-hydrogen) atoms. The molecule has 1 aromatic rings. The SMILES string of the molecule is Cc1cc(C(=O)COC(=O)[C@@H]2CCC(=O)N2)c(C)n1C1CC1. The van der Waals surface area contributed by atoms with Crippen LogP contribution in [0.15, 0.2) is 6.07 Å². The van der Waals surface area contributed by atoms with E-state index >= 15 is 0 Å². The van der Waals surface area contributed by atoms with Crippen LogP contribution >= 0.6 is 0 Å². The summed E-state index contributed by atoms with van der Waals surface area (Å²) in [5.74, 6) is -0.880. The maximum absolute atomic E-state index is 12.3. The van der Waals surface area contributed by atoms with Gasteiger partial charge in [-0.25, -0.2) is 4.79 Å². The van der Waals surface area contributed by atoms with Gasteiger partial charge in [-0.05, 0) is 39.2 Å². The molecule has 118 valence electrons. The van der Waals surface area contributed by atoms with Gasteiger partial charge < -0.3 is 14.6 Å². The van der Waals surface area contributed by atoms with Crippen molar-refractivity contribution in [3.05, 3.63) is 23.0 Å². The average Bonchev–Trinajstić information content (AvgIpc) is 3.14. The maximum Gasteiger partial charge on any atom is 0.329 e. The van der Waals surface area contributed by atoms with Crippen LogP contribution in [-0.2, 0) is 14.3 Å². The van der Waals surface area contributed by atoms with E-state index in [0.717, 1.165) is 24.2 Å². The molecule has 1 aliphatic heterocycles. The van der Waals surface area contributed by atoms with Gasteiger partial charge in [0, 0.05) is 29.4 Å². The topological polar surface area (TPSA) is 77.4 Å². The number of carbonyl (C=O) groups excluding carboxylic acids is 3. The molecule has 1 N–H and O–H groups in total. The summed E-state index contributed by atoms with van der Waals surface area (Å²) < 4.78 is 7.25. The molecule has 3 rings (SSSR count). The Labute approximate surface area is 128 Å². The van der Waals surface area contributed by atoms with Gasteiger partial charge in [0.25, 0.3) is 0 Å². The number of esters is 1. The number of aromatic nitrogens is 1. The summed E-state index contributed by atoms with van der Waals surface area (Å²) in [6.45, 7) is 3.64. The van der Waals surface area contributed by atoms with Crippen molar-refractivity contribution < 1.29 is 19.1 Å². The normalized spacial score (nSPS) is 20.8. The van der Waals surface area contributed by atoms with Crippen LogP contribution in [-0.4, -0.2) is 34.9 Å². The van der Waals surface area contributed by atoms with Crippen LogP contribution in [0.5, 0.6) is 0 Å². The fraction of sp³-hybridized carbons (Fsp3) is 0.562. The lowest BCUT2D eigenvalue weighted by Gasteiger charge is -2.10. The predicted octanol–water partition coefficient (Wildman–Crippen LogP) is 1.44. The number of carbonyl (C=O) groups is 3. The van der Waals surface area contributed by atoms with Crippen molar-refractivity contribution in [2.24, 2.45) is 0 Å². The zero-order valence-corrected chi connectivity index (χ0v) is 12.8. The first-order chi connectivity index (χ1) is 10.5. The summed E-state index contributed by atoms with van der Waals surface area (Å²) in [7, 11) is 0. The van der Waals surface area contributed by atoms with E-state index < -0.39 is 12.0 Å². The second-order valence-electron chi connectivity index (χ2n) is 6.08. The van der Waals surface area contributed by atoms with Crippen molar-refractivity contribution in [2.75, 3.05) is 6.61 Å². The van der Waals surface area contributed by atoms with E-state index in [4.69, 9.17) is 4.74 Å². The Morgan fingerprint density at radius 2 is 2.05 bits per heavy atom. The summed E-state index contributed by atoms with van der Waals surface area (Å²) in [6.07, 6.45) is 3.07. The molecule has 2 fully saturated rings. The molecule has 0 aromatic carbocycles. The summed E-state index contributed by atoms with van der Waals surface area (Å²) in [4.78, 5) is 35.2. The number of rotatable bonds is 5. The third-order valence-corrected chi connectivity index (χ3v) is 4.32. The summed E-state index contributed by atoms with van der Waals surface area (Å²) >= 11 is 0. The van der Waals surface area contributed by atoms with Gasteiger partial charge in [-0.3, -0.25) is 9.59 Å². The molecule has 1 aromatic heterocycles. The Kier molecular flexibility index (Phi) is 3.76. The first-order valence-corrected chi connectivity index (χ1v) is 7.65. The molecule has 6 nitrogen and oxygen atoms in total. The monoisotopic (exact) mass is 304 g/mol. The number of hydrogen-bond donors (Lipinski definition) is 1. The molecule has 2 heterocycles. The van der Waals surface area contributed by atoms with Gasteiger partial charge >= 0.3 is 5.97 Å². The van der Waals surface area contributed by atoms with E-state index in [0.29, 0.717) is 24.4 Å². The summed E-state index contributed by atoms with van der Waals surface area (Å²) in [6, 6.07) is 1.76. The van der Waals surface area contributed by atoms with Crippen LogP contribution < -0.4 is 5.32 Å². The number of Topliss-reactive ketones (excluding diaryl/α,β-unsaturated/α-hetero) is 1. The highest BCUT2D eigenvalue weighted by Crippen LogP contribution is 2.38. The van der Waals surface area contributed by atoms with Gasteiger partial charge in [0.2, 0.25) is 11.7 Å². The quantitative estimate of drug-likeness (QED) is 0.659. The maximum atomic E-state index is 12.3. The number of amides is 1. The Bertz CT molecular complexity index is 643. The van der Waals surface area contributed by atoms with Crippen molar-refractivity contribution in [3.63, 3.8) is 0 Å². The zero-order chi connectivity index (χ0) is 15.9. The predicted molar refractivity (Wildman–Crippen MR) is 78.6 cm³/mol. The third-order valence-electron chi connectivity index (χ3n) is 4.32. The second-order valence-corrected chi connectivity index (χ2v) is 6.08. The molecule has 1 saturated carbocycles. The molecule has 0 radical (unpaired) electrons. The first kappa shape index (κ1) is 14.8. The minimum Gasteiger partial charge on any atom is -0.456 e. The smallest absolute Gasteiger partial charge is 0.329 e. The van der Waals surface area contributed by atoms with Crippen LogP contribution in [0.1, 0.15) is 53.5 Å². The van der Waals surface area contributed by atoms with Crippen molar-refractivity contribution in [1.82, 2.24) is 9.88 Å². The molecule has 1 aliphatic carbocycles. The van der Waals surface area contributed by atoms with Crippen LogP contribution in [0.25, 0.3) is 0 Å². The van der Waals surface area contributed by atoms with Gasteiger partial charge in [0.15, 0.2) is 6.61 Å². The number of ether oxygens (including phenoxy) is 1. The van der Waals surface area contributed by atoms with E-state index in [-0.39, 0.29) is 18.3 Å². The Morgan fingerprint density at radius 3 is 2.64 bits per heavy atom. The van der Waals surface area contributed by atoms with Gasteiger partial charge in [-0.15, -0.1) is 0 Å². The fourth-order valence-corrected chi connectivity index (χ4v) is 3.06. The molecular formula is C16H20N2O4. The molecule has 0 bridgehead atoms. The minimum absolute atomic E-state index is 0.152. The van der Waals surface area contributed by atoms with Gasteiger partial charge in [0.05, 0.1) is 0 Å². The first-order valence-electron chi connectivity index (χ1n) is 7.65. The highest BCUT2D eigenvalue weighted by molar-refractivity contribution is 5.99. The summed E-state index contributed by atoms with van der Waals surface area (Å²) in [5.41, 5.74) is 2.63. The molecule has 0 spiro atoms. The van der Waals surface area contributed by atoms with Crippen molar-refractivity contribution >= 4 is 17.7 Å². The fourth-order valence-electron chi connectivity index (χ4n) is 3.06. The van der Waals surface area contributed by atoms with Gasteiger partial charge in [-0.2, -0.15) is 0 Å². The van der Waals surface area contributed by atoms with Gasteiger partial charge in [0.1, 0.15) is 6.04 Å².